The molecule has 0 heterocycles. The van der Waals surface area contributed by atoms with E-state index in [2.05, 4.69) is 15.4 Å². The molecule has 0 atom stereocenters. The monoisotopic (exact) mass is 186 g/mol. The maximum atomic E-state index is 10.9. The molecule has 0 aliphatic carbocycles. The van der Waals surface area contributed by atoms with Crippen molar-refractivity contribution in [2.24, 2.45) is 0 Å². The third kappa shape index (κ3) is 5.72. The Bertz CT molecular complexity index is 223. The Morgan fingerprint density at radius 2 is 2.08 bits per heavy atom. The molecular formula is C8H14N2O3. The third-order valence-electron chi connectivity index (χ3n) is 1.18. The molecule has 2 N–H and O–H groups in total. The Labute approximate surface area is 77.1 Å². The van der Waals surface area contributed by atoms with Crippen molar-refractivity contribution in [2.45, 2.75) is 13.8 Å². The van der Waals surface area contributed by atoms with Crippen molar-refractivity contribution >= 4 is 12.0 Å². The molecule has 0 aromatic carbocycles. The van der Waals surface area contributed by atoms with Crippen LogP contribution in [0, 0.1) is 0 Å². The summed E-state index contributed by atoms with van der Waals surface area (Å²) in [5, 5.41) is 4.98. The van der Waals surface area contributed by atoms with Gasteiger partial charge in [0.1, 0.15) is 0 Å². The highest BCUT2D eigenvalue weighted by Crippen LogP contribution is 1.87. The largest absolute Gasteiger partial charge is 0.466 e. The van der Waals surface area contributed by atoms with E-state index in [4.69, 9.17) is 0 Å². The Hall–Kier alpha value is -1.52. The highest BCUT2D eigenvalue weighted by Gasteiger charge is 2.00. The zero-order chi connectivity index (χ0) is 10.3. The maximum absolute atomic E-state index is 10.9. The van der Waals surface area contributed by atoms with Crippen LogP contribution in [0.1, 0.15) is 13.8 Å². The van der Waals surface area contributed by atoms with E-state index in [1.807, 2.05) is 0 Å². The molecule has 0 saturated carbocycles. The molecule has 0 radical (unpaired) electrons. The van der Waals surface area contributed by atoms with Gasteiger partial charge in [-0.25, -0.2) is 9.59 Å². The van der Waals surface area contributed by atoms with E-state index >= 15 is 0 Å². The first-order valence-electron chi connectivity index (χ1n) is 3.91. The van der Waals surface area contributed by atoms with Gasteiger partial charge in [0.2, 0.25) is 0 Å². The molecular weight excluding hydrogens is 172 g/mol. The average molecular weight is 186 g/mol. The van der Waals surface area contributed by atoms with Crippen LogP contribution in [0.25, 0.3) is 0 Å². The molecule has 0 aromatic heterocycles. The first kappa shape index (κ1) is 11.5. The lowest BCUT2D eigenvalue weighted by molar-refractivity contribution is -0.134. The number of carbonyl (C=O) groups is 2. The zero-order valence-electron chi connectivity index (χ0n) is 8.01. The number of allylic oxidation sites excluding steroid dienone is 1. The Kier molecular flexibility index (Phi) is 5.34. The number of ether oxygens (including phenoxy) is 1. The molecule has 0 aliphatic rings. The molecule has 5 heteroatoms. The van der Waals surface area contributed by atoms with Crippen LogP contribution >= 0.6 is 0 Å². The van der Waals surface area contributed by atoms with Crippen LogP contribution < -0.4 is 10.6 Å². The molecule has 0 unspecified atom stereocenters. The summed E-state index contributed by atoms with van der Waals surface area (Å²) in [5.74, 6) is -0.491. The van der Waals surface area contributed by atoms with Crippen molar-refractivity contribution in [3.63, 3.8) is 0 Å². The minimum Gasteiger partial charge on any atom is -0.466 e. The number of carbonyl (C=O) groups excluding carboxylic acids is 2. The summed E-state index contributed by atoms with van der Waals surface area (Å²) >= 11 is 0. The Morgan fingerprint density at radius 1 is 1.46 bits per heavy atom. The Morgan fingerprint density at radius 3 is 2.54 bits per heavy atom. The summed E-state index contributed by atoms with van der Waals surface area (Å²) in [7, 11) is 1.28. The average Bonchev–Trinajstić information content (AvgIpc) is 2.04. The minimum absolute atomic E-state index is 0.333. The maximum Gasteiger partial charge on any atom is 0.332 e. The van der Waals surface area contributed by atoms with E-state index in [0.717, 1.165) is 0 Å². The molecule has 2 amide bonds. The van der Waals surface area contributed by atoms with Gasteiger partial charge in [-0.1, -0.05) is 0 Å². The fourth-order valence-corrected chi connectivity index (χ4v) is 0.656. The predicted molar refractivity (Wildman–Crippen MR) is 48.0 cm³/mol. The first-order chi connectivity index (χ1) is 6.10. The van der Waals surface area contributed by atoms with Crippen molar-refractivity contribution in [1.82, 2.24) is 10.6 Å². The van der Waals surface area contributed by atoms with Gasteiger partial charge in [-0.05, 0) is 13.8 Å². The van der Waals surface area contributed by atoms with E-state index in [1.165, 1.54) is 13.2 Å². The summed E-state index contributed by atoms with van der Waals surface area (Å²) in [5.41, 5.74) is 0.442. The predicted octanol–water partition coefficient (Wildman–Crippen LogP) is 0.382. The second-order valence-corrected chi connectivity index (χ2v) is 2.33. The fraction of sp³-hybridized carbons (Fsp3) is 0.500. The summed E-state index contributed by atoms with van der Waals surface area (Å²) in [4.78, 5) is 21.6. The second-order valence-electron chi connectivity index (χ2n) is 2.33. The molecule has 0 bridgehead atoms. The van der Waals surface area contributed by atoms with Crippen molar-refractivity contribution in [1.29, 1.82) is 0 Å². The van der Waals surface area contributed by atoms with Crippen LogP contribution in [0.5, 0.6) is 0 Å². The van der Waals surface area contributed by atoms with Gasteiger partial charge < -0.3 is 15.4 Å². The number of esters is 1. The summed E-state index contributed by atoms with van der Waals surface area (Å²) in [6, 6.07) is -0.333. The topological polar surface area (TPSA) is 67.4 Å². The molecule has 0 aliphatic heterocycles. The quantitative estimate of drug-likeness (QED) is 0.494. The van der Waals surface area contributed by atoms with E-state index in [0.29, 0.717) is 12.2 Å². The number of rotatable bonds is 3. The first-order valence-corrected chi connectivity index (χ1v) is 3.91. The Balaban J connectivity index is 3.98. The molecule has 5 nitrogen and oxygen atoms in total. The van der Waals surface area contributed by atoms with Crippen molar-refractivity contribution < 1.29 is 14.3 Å². The fourth-order valence-electron chi connectivity index (χ4n) is 0.656. The minimum atomic E-state index is -0.491. The van der Waals surface area contributed by atoms with Gasteiger partial charge in [0, 0.05) is 18.3 Å². The lowest BCUT2D eigenvalue weighted by Crippen LogP contribution is -2.34. The van der Waals surface area contributed by atoms with E-state index in [9.17, 15) is 9.59 Å². The van der Waals surface area contributed by atoms with Gasteiger partial charge in [0.15, 0.2) is 0 Å². The number of hydrogen-bond donors (Lipinski definition) is 2. The standard InChI is InChI=1S/C8H14N2O3/c1-4-9-8(12)10-6(2)5-7(11)13-3/h5H,4H2,1-3H3,(H2,9,10,12)/b6-5+. The number of amides is 2. The van der Waals surface area contributed by atoms with Crippen LogP contribution in [0.3, 0.4) is 0 Å². The van der Waals surface area contributed by atoms with Gasteiger partial charge >= 0.3 is 12.0 Å². The lowest BCUT2D eigenvalue weighted by Gasteiger charge is -2.04. The SMILES string of the molecule is CCNC(=O)N/C(C)=C/C(=O)OC. The number of methoxy groups -OCH3 is 1. The van der Waals surface area contributed by atoms with Crippen molar-refractivity contribution in [3.05, 3.63) is 11.8 Å². The smallest absolute Gasteiger partial charge is 0.332 e. The summed E-state index contributed by atoms with van der Waals surface area (Å²) in [6.45, 7) is 3.95. The number of nitrogens with one attached hydrogen (secondary N) is 2. The second kappa shape index (κ2) is 6.05. The van der Waals surface area contributed by atoms with Crippen LogP contribution in [-0.4, -0.2) is 25.7 Å². The van der Waals surface area contributed by atoms with E-state index in [-0.39, 0.29) is 6.03 Å². The summed E-state index contributed by atoms with van der Waals surface area (Å²) in [6.07, 6.45) is 1.20. The van der Waals surface area contributed by atoms with Gasteiger partial charge in [0.05, 0.1) is 7.11 Å². The molecule has 13 heavy (non-hydrogen) atoms. The number of urea groups is 1. The molecule has 74 valence electrons. The van der Waals surface area contributed by atoms with E-state index in [1.54, 1.807) is 13.8 Å². The van der Waals surface area contributed by atoms with E-state index < -0.39 is 5.97 Å². The molecule has 0 aromatic rings. The van der Waals surface area contributed by atoms with Gasteiger partial charge in [-0.2, -0.15) is 0 Å². The van der Waals surface area contributed by atoms with Gasteiger partial charge in [-0.3, -0.25) is 0 Å². The number of hydrogen-bond acceptors (Lipinski definition) is 3. The zero-order valence-corrected chi connectivity index (χ0v) is 8.01. The lowest BCUT2D eigenvalue weighted by atomic mass is 10.4. The van der Waals surface area contributed by atoms with Crippen LogP contribution in [0.2, 0.25) is 0 Å². The van der Waals surface area contributed by atoms with Crippen LogP contribution in [-0.2, 0) is 9.53 Å². The van der Waals surface area contributed by atoms with Gasteiger partial charge in [-0.15, -0.1) is 0 Å². The highest BCUT2D eigenvalue weighted by molar-refractivity contribution is 5.84. The highest BCUT2D eigenvalue weighted by atomic mass is 16.5. The van der Waals surface area contributed by atoms with Gasteiger partial charge in [0.25, 0.3) is 0 Å². The summed E-state index contributed by atoms with van der Waals surface area (Å²) < 4.78 is 4.38. The van der Waals surface area contributed by atoms with Crippen molar-refractivity contribution in [2.75, 3.05) is 13.7 Å². The van der Waals surface area contributed by atoms with Crippen LogP contribution in [0.4, 0.5) is 4.79 Å². The molecule has 0 spiro atoms. The third-order valence-corrected chi connectivity index (χ3v) is 1.18. The molecule has 0 rings (SSSR count). The van der Waals surface area contributed by atoms with Crippen molar-refractivity contribution in [3.8, 4) is 0 Å². The normalized spacial score (nSPS) is 10.5. The van der Waals surface area contributed by atoms with Crippen LogP contribution in [0.15, 0.2) is 11.8 Å². The molecule has 0 saturated heterocycles. The molecule has 0 fully saturated rings.